The maximum absolute atomic E-state index is 4.02. The van der Waals surface area contributed by atoms with Gasteiger partial charge in [0.25, 0.3) is 0 Å². The highest BCUT2D eigenvalue weighted by molar-refractivity contribution is 5.81. The number of aromatic nitrogens is 2. The van der Waals surface area contributed by atoms with Crippen LogP contribution >= 0.6 is 0 Å². The number of anilines is 1. The molecule has 0 bridgehead atoms. The van der Waals surface area contributed by atoms with E-state index >= 15 is 0 Å². The van der Waals surface area contributed by atoms with E-state index in [0.717, 1.165) is 5.52 Å². The van der Waals surface area contributed by atoms with E-state index in [1.165, 1.54) is 30.3 Å². The number of nitrogens with one attached hydrogen (secondary N) is 2. The van der Waals surface area contributed by atoms with Crippen molar-refractivity contribution in [2.45, 2.75) is 31.7 Å². The van der Waals surface area contributed by atoms with Crippen LogP contribution in [0, 0.1) is 0 Å². The summed E-state index contributed by atoms with van der Waals surface area (Å²) in [5, 5.41) is 11.7. The van der Waals surface area contributed by atoms with Gasteiger partial charge < -0.3 is 5.32 Å². The van der Waals surface area contributed by atoms with E-state index in [0.29, 0.717) is 5.54 Å². The van der Waals surface area contributed by atoms with Crippen LogP contribution in [0.1, 0.15) is 26.2 Å². The lowest BCUT2D eigenvalue weighted by atomic mass is 9.78. The Morgan fingerprint density at radius 1 is 1.40 bits per heavy atom. The fourth-order valence-electron chi connectivity index (χ4n) is 2.20. The van der Waals surface area contributed by atoms with Crippen molar-refractivity contribution in [3.8, 4) is 0 Å². The second kappa shape index (κ2) is 2.99. The van der Waals surface area contributed by atoms with Crippen molar-refractivity contribution in [3.63, 3.8) is 0 Å². The molecule has 78 valence electrons. The molecule has 3 heteroatoms. The molecule has 0 atom stereocenters. The first-order valence-corrected chi connectivity index (χ1v) is 5.47. The summed E-state index contributed by atoms with van der Waals surface area (Å²) in [4.78, 5) is 0. The molecule has 15 heavy (non-hydrogen) atoms. The van der Waals surface area contributed by atoms with Crippen LogP contribution in [0.5, 0.6) is 0 Å². The smallest absolute Gasteiger partial charge is 0.0651 e. The lowest BCUT2D eigenvalue weighted by Crippen LogP contribution is -2.41. The molecule has 1 fully saturated rings. The second-order valence-electron chi connectivity index (χ2n) is 4.71. The zero-order valence-electron chi connectivity index (χ0n) is 8.88. The molecule has 1 aliphatic carbocycles. The van der Waals surface area contributed by atoms with E-state index in [1.54, 1.807) is 0 Å². The van der Waals surface area contributed by atoms with Crippen LogP contribution in [0.3, 0.4) is 0 Å². The maximum Gasteiger partial charge on any atom is 0.0651 e. The molecular formula is C12H15N3. The van der Waals surface area contributed by atoms with Crippen molar-refractivity contribution in [1.82, 2.24) is 10.2 Å². The highest BCUT2D eigenvalue weighted by Gasteiger charge is 2.31. The number of H-pyrrole nitrogens is 1. The first-order chi connectivity index (χ1) is 7.25. The minimum Gasteiger partial charge on any atom is -0.380 e. The van der Waals surface area contributed by atoms with Gasteiger partial charge in [0, 0.05) is 16.6 Å². The Morgan fingerprint density at radius 3 is 3.00 bits per heavy atom. The number of nitrogens with zero attached hydrogens (tertiary/aromatic N) is 1. The first kappa shape index (κ1) is 8.77. The van der Waals surface area contributed by atoms with Crippen LogP contribution in [0.15, 0.2) is 24.4 Å². The standard InChI is InChI=1S/C12H15N3/c1-12(5-2-6-12)14-10-3-4-11-9(7-10)8-13-15-11/h3-4,7-8,14H,2,5-6H2,1H3,(H,13,15). The van der Waals surface area contributed by atoms with Gasteiger partial charge in [-0.1, -0.05) is 0 Å². The Hall–Kier alpha value is -1.51. The average molecular weight is 201 g/mol. The summed E-state index contributed by atoms with van der Waals surface area (Å²) in [6.07, 6.45) is 5.76. The normalized spacial score (nSPS) is 18.7. The summed E-state index contributed by atoms with van der Waals surface area (Å²) in [6, 6.07) is 6.35. The summed E-state index contributed by atoms with van der Waals surface area (Å²) < 4.78 is 0. The van der Waals surface area contributed by atoms with Crippen LogP contribution in [0.4, 0.5) is 5.69 Å². The minimum atomic E-state index is 0.317. The summed E-state index contributed by atoms with van der Waals surface area (Å²) in [5.41, 5.74) is 2.61. The van der Waals surface area contributed by atoms with Crippen molar-refractivity contribution >= 4 is 16.6 Å². The van der Waals surface area contributed by atoms with Gasteiger partial charge in [0.15, 0.2) is 0 Å². The minimum absolute atomic E-state index is 0.317. The molecule has 1 aliphatic rings. The van der Waals surface area contributed by atoms with Crippen molar-refractivity contribution in [3.05, 3.63) is 24.4 Å². The molecule has 0 aliphatic heterocycles. The topological polar surface area (TPSA) is 40.7 Å². The third kappa shape index (κ3) is 1.48. The van der Waals surface area contributed by atoms with Crippen LogP contribution < -0.4 is 5.32 Å². The summed E-state index contributed by atoms with van der Waals surface area (Å²) in [5.74, 6) is 0. The maximum atomic E-state index is 4.02. The zero-order valence-corrected chi connectivity index (χ0v) is 8.88. The van der Waals surface area contributed by atoms with E-state index < -0.39 is 0 Å². The van der Waals surface area contributed by atoms with Gasteiger partial charge in [0.1, 0.15) is 0 Å². The molecule has 3 rings (SSSR count). The summed E-state index contributed by atoms with van der Waals surface area (Å²) in [7, 11) is 0. The predicted octanol–water partition coefficient (Wildman–Crippen LogP) is 2.92. The van der Waals surface area contributed by atoms with E-state index in [1.807, 2.05) is 6.20 Å². The molecule has 0 spiro atoms. The van der Waals surface area contributed by atoms with Crippen molar-refractivity contribution < 1.29 is 0 Å². The molecule has 1 saturated carbocycles. The van der Waals surface area contributed by atoms with E-state index in [4.69, 9.17) is 0 Å². The van der Waals surface area contributed by atoms with Gasteiger partial charge in [-0.3, -0.25) is 5.10 Å². The molecule has 0 unspecified atom stereocenters. The number of rotatable bonds is 2. The van der Waals surface area contributed by atoms with E-state index in [9.17, 15) is 0 Å². The summed E-state index contributed by atoms with van der Waals surface area (Å²) in [6.45, 7) is 2.29. The van der Waals surface area contributed by atoms with Gasteiger partial charge in [-0.05, 0) is 44.4 Å². The average Bonchev–Trinajstić information content (AvgIpc) is 2.62. The van der Waals surface area contributed by atoms with Gasteiger partial charge in [0.2, 0.25) is 0 Å². The number of hydrogen-bond acceptors (Lipinski definition) is 2. The Bertz CT molecular complexity index is 482. The van der Waals surface area contributed by atoms with Crippen LogP contribution in [0.2, 0.25) is 0 Å². The quantitative estimate of drug-likeness (QED) is 0.784. The Balaban J connectivity index is 1.90. The highest BCUT2D eigenvalue weighted by Crippen LogP contribution is 2.35. The molecule has 1 aromatic heterocycles. The van der Waals surface area contributed by atoms with Gasteiger partial charge in [-0.25, -0.2) is 0 Å². The third-order valence-electron chi connectivity index (χ3n) is 3.34. The third-order valence-corrected chi connectivity index (χ3v) is 3.34. The molecular weight excluding hydrogens is 186 g/mol. The van der Waals surface area contributed by atoms with E-state index in [-0.39, 0.29) is 0 Å². The fourth-order valence-corrected chi connectivity index (χ4v) is 2.20. The molecule has 1 heterocycles. The second-order valence-corrected chi connectivity index (χ2v) is 4.71. The van der Waals surface area contributed by atoms with Gasteiger partial charge >= 0.3 is 0 Å². The van der Waals surface area contributed by atoms with Gasteiger partial charge in [0.05, 0.1) is 11.7 Å². The largest absolute Gasteiger partial charge is 0.380 e. The number of aromatic amines is 1. The molecule has 0 amide bonds. The predicted molar refractivity (Wildman–Crippen MR) is 62.0 cm³/mol. The van der Waals surface area contributed by atoms with Crippen LogP contribution in [-0.2, 0) is 0 Å². The van der Waals surface area contributed by atoms with Gasteiger partial charge in [-0.15, -0.1) is 0 Å². The van der Waals surface area contributed by atoms with Crippen molar-refractivity contribution in [2.24, 2.45) is 0 Å². The zero-order chi connectivity index (χ0) is 10.3. The number of fused-ring (bicyclic) bond motifs is 1. The number of hydrogen-bond donors (Lipinski definition) is 2. The van der Waals surface area contributed by atoms with E-state index in [2.05, 4.69) is 40.6 Å². The Kier molecular flexibility index (Phi) is 1.75. The fraction of sp³-hybridized carbons (Fsp3) is 0.417. The molecule has 2 aromatic rings. The highest BCUT2D eigenvalue weighted by atomic mass is 15.1. The van der Waals surface area contributed by atoms with Crippen LogP contribution in [-0.4, -0.2) is 15.7 Å². The first-order valence-electron chi connectivity index (χ1n) is 5.47. The molecule has 2 N–H and O–H groups in total. The number of benzene rings is 1. The molecule has 1 aromatic carbocycles. The molecule has 3 nitrogen and oxygen atoms in total. The van der Waals surface area contributed by atoms with Gasteiger partial charge in [-0.2, -0.15) is 5.10 Å². The Labute approximate surface area is 88.9 Å². The lowest BCUT2D eigenvalue weighted by molar-refractivity contribution is 0.306. The van der Waals surface area contributed by atoms with Crippen molar-refractivity contribution in [1.29, 1.82) is 0 Å². The summed E-state index contributed by atoms with van der Waals surface area (Å²) >= 11 is 0. The lowest BCUT2D eigenvalue weighted by Gasteiger charge is -2.40. The molecule has 0 saturated heterocycles. The molecule has 0 radical (unpaired) electrons. The monoisotopic (exact) mass is 201 g/mol. The van der Waals surface area contributed by atoms with Crippen LogP contribution in [0.25, 0.3) is 10.9 Å². The SMILES string of the molecule is CC1(Nc2ccc3[nH]ncc3c2)CCC1. The Morgan fingerprint density at radius 2 is 2.27 bits per heavy atom. The van der Waals surface area contributed by atoms with Crippen molar-refractivity contribution in [2.75, 3.05) is 5.32 Å².